The number of nitriles is 1. The van der Waals surface area contributed by atoms with E-state index in [0.717, 1.165) is 48.1 Å². The van der Waals surface area contributed by atoms with Crippen LogP contribution in [0, 0.1) is 36.0 Å². The van der Waals surface area contributed by atoms with E-state index in [4.69, 9.17) is 4.74 Å². The summed E-state index contributed by atoms with van der Waals surface area (Å²) in [4.78, 5) is 24.7. The average molecular weight is 378 g/mol. The van der Waals surface area contributed by atoms with Crippen molar-refractivity contribution in [2.45, 2.75) is 51.0 Å². The first-order valence-electron chi connectivity index (χ1n) is 10.1. The molecular formula is C23H26N2O3. The van der Waals surface area contributed by atoms with Crippen LogP contribution in [0.2, 0.25) is 0 Å². The van der Waals surface area contributed by atoms with Crippen molar-refractivity contribution in [2.24, 2.45) is 17.8 Å². The maximum absolute atomic E-state index is 12.4. The molecule has 0 heterocycles. The molecule has 28 heavy (non-hydrogen) atoms. The van der Waals surface area contributed by atoms with Crippen molar-refractivity contribution in [1.82, 2.24) is 5.32 Å². The van der Waals surface area contributed by atoms with Gasteiger partial charge in [-0.3, -0.25) is 4.79 Å². The Labute approximate surface area is 165 Å². The van der Waals surface area contributed by atoms with Crippen LogP contribution >= 0.6 is 0 Å². The molecule has 1 amide bonds. The fraction of sp³-hybridized carbons (Fsp3) is 0.522. The summed E-state index contributed by atoms with van der Waals surface area (Å²) in [5, 5.41) is 12.4. The Morgan fingerprint density at radius 2 is 1.71 bits per heavy atom. The molecule has 1 aromatic carbocycles. The van der Waals surface area contributed by atoms with Gasteiger partial charge >= 0.3 is 5.97 Å². The fourth-order valence-corrected chi connectivity index (χ4v) is 5.77. The van der Waals surface area contributed by atoms with Gasteiger partial charge in [-0.25, -0.2) is 4.79 Å². The third kappa shape index (κ3) is 3.96. The highest BCUT2D eigenvalue weighted by molar-refractivity contribution is 5.98. The van der Waals surface area contributed by atoms with Crippen molar-refractivity contribution < 1.29 is 14.3 Å². The predicted molar refractivity (Wildman–Crippen MR) is 105 cm³/mol. The molecule has 0 aliphatic heterocycles. The van der Waals surface area contributed by atoms with E-state index in [2.05, 4.69) is 5.32 Å². The number of ether oxygens (including phenoxy) is 1. The third-order valence-corrected chi connectivity index (χ3v) is 6.51. The van der Waals surface area contributed by atoms with Gasteiger partial charge in [-0.2, -0.15) is 5.26 Å². The molecule has 0 atom stereocenters. The summed E-state index contributed by atoms with van der Waals surface area (Å²) in [7, 11) is 0. The number of carbonyl (C=O) groups is 2. The van der Waals surface area contributed by atoms with Crippen LogP contribution in [0.1, 0.15) is 49.7 Å². The number of hydrogen-bond acceptors (Lipinski definition) is 4. The third-order valence-electron chi connectivity index (χ3n) is 6.51. The Hall–Kier alpha value is -2.61. The Balaban J connectivity index is 1.33. The van der Waals surface area contributed by atoms with E-state index in [0.29, 0.717) is 0 Å². The first kappa shape index (κ1) is 18.7. The van der Waals surface area contributed by atoms with Gasteiger partial charge in [0, 0.05) is 5.54 Å². The van der Waals surface area contributed by atoms with Gasteiger partial charge in [0.05, 0.1) is 0 Å². The van der Waals surface area contributed by atoms with Crippen LogP contribution in [0.15, 0.2) is 29.8 Å². The molecule has 4 saturated carbocycles. The number of benzene rings is 1. The summed E-state index contributed by atoms with van der Waals surface area (Å²) in [6.45, 7) is 1.63. The first-order valence-corrected chi connectivity index (χ1v) is 10.1. The van der Waals surface area contributed by atoms with Gasteiger partial charge in [0.2, 0.25) is 0 Å². The molecule has 4 aliphatic carbocycles. The van der Waals surface area contributed by atoms with Crippen molar-refractivity contribution in [3.05, 3.63) is 41.0 Å². The first-order chi connectivity index (χ1) is 13.4. The van der Waals surface area contributed by atoms with Gasteiger partial charge in [0.1, 0.15) is 11.6 Å². The van der Waals surface area contributed by atoms with Crippen LogP contribution in [0.25, 0.3) is 6.08 Å². The average Bonchev–Trinajstić information content (AvgIpc) is 2.64. The number of aryl methyl sites for hydroxylation is 1. The highest BCUT2D eigenvalue weighted by atomic mass is 16.5. The van der Waals surface area contributed by atoms with Gasteiger partial charge in [0.25, 0.3) is 5.91 Å². The van der Waals surface area contributed by atoms with Gasteiger partial charge in [-0.15, -0.1) is 0 Å². The minimum atomic E-state index is -0.760. The molecule has 1 aromatic rings. The molecule has 4 fully saturated rings. The zero-order valence-corrected chi connectivity index (χ0v) is 16.2. The van der Waals surface area contributed by atoms with E-state index >= 15 is 0 Å². The second-order valence-corrected chi connectivity index (χ2v) is 8.90. The SMILES string of the molecule is Cc1ccc(/C=C(\C#N)C(=O)OCC(=O)NC23CC4CC(CC(C4)C2)C3)cc1. The molecule has 0 radical (unpaired) electrons. The summed E-state index contributed by atoms with van der Waals surface area (Å²) in [5.41, 5.74) is 1.64. The number of rotatable bonds is 5. The molecule has 5 heteroatoms. The standard InChI is InChI=1S/C23H26N2O3/c1-15-2-4-16(5-3-15)9-20(13-24)22(27)28-14-21(26)25-23-10-17-6-18(11-23)8-19(7-17)12-23/h2-5,9,17-19H,6-8,10-12,14H2,1H3,(H,25,26)/b20-9+. The summed E-state index contributed by atoms with van der Waals surface area (Å²) in [6.07, 6.45) is 8.55. The molecule has 0 saturated heterocycles. The molecule has 5 rings (SSSR count). The highest BCUT2D eigenvalue weighted by Crippen LogP contribution is 2.55. The molecule has 4 aliphatic rings. The summed E-state index contributed by atoms with van der Waals surface area (Å²) >= 11 is 0. The largest absolute Gasteiger partial charge is 0.451 e. The number of hydrogen-bond donors (Lipinski definition) is 1. The van der Waals surface area contributed by atoms with Gasteiger partial charge in [-0.1, -0.05) is 29.8 Å². The lowest BCUT2D eigenvalue weighted by molar-refractivity contribution is -0.146. The molecule has 0 unspecified atom stereocenters. The van der Waals surface area contributed by atoms with Crippen molar-refractivity contribution in [1.29, 1.82) is 5.26 Å². The topological polar surface area (TPSA) is 79.2 Å². The smallest absolute Gasteiger partial charge is 0.349 e. The van der Waals surface area contributed by atoms with Crippen LogP contribution in [0.3, 0.4) is 0 Å². The number of nitrogens with one attached hydrogen (secondary N) is 1. The second-order valence-electron chi connectivity index (χ2n) is 8.90. The summed E-state index contributed by atoms with van der Waals surface area (Å²) in [6, 6.07) is 9.35. The molecule has 146 valence electrons. The number of carbonyl (C=O) groups excluding carboxylic acids is 2. The fourth-order valence-electron chi connectivity index (χ4n) is 5.77. The van der Waals surface area contributed by atoms with Crippen LogP contribution in [-0.2, 0) is 14.3 Å². The van der Waals surface area contributed by atoms with Crippen LogP contribution in [0.5, 0.6) is 0 Å². The molecule has 5 nitrogen and oxygen atoms in total. The van der Waals surface area contributed by atoms with Crippen molar-refractivity contribution in [3.8, 4) is 6.07 Å². The Morgan fingerprint density at radius 1 is 1.14 bits per heavy atom. The Bertz CT molecular complexity index is 812. The normalized spacial score (nSPS) is 30.6. The Kier molecular flexibility index (Phi) is 4.97. The zero-order chi connectivity index (χ0) is 19.7. The number of esters is 1. The van der Waals surface area contributed by atoms with E-state index < -0.39 is 5.97 Å². The van der Waals surface area contributed by atoms with E-state index in [1.807, 2.05) is 37.3 Å². The van der Waals surface area contributed by atoms with Crippen molar-refractivity contribution >= 4 is 18.0 Å². The van der Waals surface area contributed by atoms with E-state index in [1.165, 1.54) is 25.3 Å². The quantitative estimate of drug-likeness (QED) is 0.483. The summed E-state index contributed by atoms with van der Waals surface area (Å²) in [5.74, 6) is 1.18. The van der Waals surface area contributed by atoms with Gasteiger partial charge in [-0.05, 0) is 74.8 Å². The minimum Gasteiger partial charge on any atom is -0.451 e. The van der Waals surface area contributed by atoms with Crippen molar-refractivity contribution in [3.63, 3.8) is 0 Å². The lowest BCUT2D eigenvalue weighted by Crippen LogP contribution is -2.60. The maximum Gasteiger partial charge on any atom is 0.349 e. The van der Waals surface area contributed by atoms with Gasteiger partial charge in [0.15, 0.2) is 6.61 Å². The van der Waals surface area contributed by atoms with Crippen molar-refractivity contribution in [2.75, 3.05) is 6.61 Å². The predicted octanol–water partition coefficient (Wildman–Crippen LogP) is 3.53. The molecule has 4 bridgehead atoms. The Morgan fingerprint density at radius 3 is 2.25 bits per heavy atom. The molecule has 0 aromatic heterocycles. The summed E-state index contributed by atoms with van der Waals surface area (Å²) < 4.78 is 5.12. The molecular weight excluding hydrogens is 352 g/mol. The maximum atomic E-state index is 12.4. The monoisotopic (exact) mass is 378 g/mol. The lowest BCUT2D eigenvalue weighted by Gasteiger charge is -2.56. The lowest BCUT2D eigenvalue weighted by atomic mass is 9.53. The van der Waals surface area contributed by atoms with E-state index in [9.17, 15) is 14.9 Å². The van der Waals surface area contributed by atoms with Crippen LogP contribution in [0.4, 0.5) is 0 Å². The second kappa shape index (κ2) is 7.43. The van der Waals surface area contributed by atoms with Crippen LogP contribution < -0.4 is 5.32 Å². The van der Waals surface area contributed by atoms with E-state index in [1.54, 1.807) is 0 Å². The molecule has 0 spiro atoms. The molecule has 1 N–H and O–H groups in total. The van der Waals surface area contributed by atoms with E-state index in [-0.39, 0.29) is 23.6 Å². The van der Waals surface area contributed by atoms with Crippen LogP contribution in [-0.4, -0.2) is 24.0 Å². The number of nitrogens with zero attached hydrogens (tertiary/aromatic N) is 1. The zero-order valence-electron chi connectivity index (χ0n) is 16.2. The number of amides is 1. The minimum absolute atomic E-state index is 0.103. The highest BCUT2D eigenvalue weighted by Gasteiger charge is 2.51. The van der Waals surface area contributed by atoms with Gasteiger partial charge < -0.3 is 10.1 Å².